The number of ether oxygens (including phenoxy) is 4. The van der Waals surface area contributed by atoms with E-state index >= 15 is 0 Å². The van der Waals surface area contributed by atoms with E-state index in [0.29, 0.717) is 31.3 Å². The maximum absolute atomic E-state index is 12.3. The molecule has 0 spiro atoms. The van der Waals surface area contributed by atoms with Crippen LogP contribution in [0, 0.1) is 6.92 Å². The van der Waals surface area contributed by atoms with E-state index in [1.807, 2.05) is 54.8 Å². The Balaban J connectivity index is 1.23. The van der Waals surface area contributed by atoms with Crippen LogP contribution in [-0.4, -0.2) is 37.3 Å². The van der Waals surface area contributed by atoms with Gasteiger partial charge in [0.1, 0.15) is 19.0 Å². The van der Waals surface area contributed by atoms with Crippen LogP contribution in [0.3, 0.4) is 0 Å². The minimum atomic E-state index is -0.179. The van der Waals surface area contributed by atoms with Crippen LogP contribution < -0.4 is 19.5 Å². The summed E-state index contributed by atoms with van der Waals surface area (Å²) in [7, 11) is 1.61. The second kappa shape index (κ2) is 12.4. The van der Waals surface area contributed by atoms with E-state index in [4.69, 9.17) is 18.9 Å². The summed E-state index contributed by atoms with van der Waals surface area (Å²) in [6.07, 6.45) is 5.52. The van der Waals surface area contributed by atoms with Crippen molar-refractivity contribution in [1.29, 1.82) is 0 Å². The van der Waals surface area contributed by atoms with Crippen LogP contribution in [0.2, 0.25) is 0 Å². The number of methoxy groups -OCH3 is 1. The van der Waals surface area contributed by atoms with Crippen molar-refractivity contribution < 1.29 is 23.7 Å². The minimum Gasteiger partial charge on any atom is -0.493 e. The highest BCUT2D eigenvalue weighted by molar-refractivity contribution is 7.09. The lowest BCUT2D eigenvalue weighted by atomic mass is 10.2. The number of amides is 1. The van der Waals surface area contributed by atoms with E-state index in [-0.39, 0.29) is 12.0 Å². The Hall–Kier alpha value is -3.36. The second-order valence-corrected chi connectivity index (χ2v) is 9.26. The van der Waals surface area contributed by atoms with Gasteiger partial charge >= 0.3 is 0 Å². The molecule has 1 unspecified atom stereocenters. The van der Waals surface area contributed by atoms with Crippen LogP contribution in [-0.2, 0) is 22.7 Å². The summed E-state index contributed by atoms with van der Waals surface area (Å²) >= 11 is 1.61. The van der Waals surface area contributed by atoms with E-state index in [0.717, 1.165) is 47.0 Å². The van der Waals surface area contributed by atoms with Gasteiger partial charge in [0.2, 0.25) is 5.91 Å². The molecule has 1 atom stereocenters. The van der Waals surface area contributed by atoms with Crippen LogP contribution in [0.4, 0.5) is 0 Å². The predicted molar refractivity (Wildman–Crippen MR) is 136 cm³/mol. The van der Waals surface area contributed by atoms with E-state index in [9.17, 15) is 4.79 Å². The topological polar surface area (TPSA) is 78.9 Å². The van der Waals surface area contributed by atoms with Crippen molar-refractivity contribution in [3.05, 3.63) is 75.7 Å². The third-order valence-corrected chi connectivity index (χ3v) is 6.33. The first-order valence-electron chi connectivity index (χ1n) is 11.6. The number of benzene rings is 2. The van der Waals surface area contributed by atoms with Crippen LogP contribution in [0.1, 0.15) is 34.7 Å². The fraction of sp³-hybridized carbons (Fsp3) is 0.333. The Labute approximate surface area is 209 Å². The molecule has 0 radical (unpaired) electrons. The highest BCUT2D eigenvalue weighted by Crippen LogP contribution is 2.29. The first-order chi connectivity index (χ1) is 17.1. The van der Waals surface area contributed by atoms with Gasteiger partial charge < -0.3 is 24.3 Å². The molecule has 7 nitrogen and oxygen atoms in total. The number of hydrogen-bond donors (Lipinski definition) is 1. The van der Waals surface area contributed by atoms with Gasteiger partial charge in [-0.15, -0.1) is 11.3 Å². The zero-order chi connectivity index (χ0) is 24.5. The molecule has 2 heterocycles. The maximum Gasteiger partial charge on any atom is 0.244 e. The number of hydrogen-bond acceptors (Lipinski definition) is 7. The van der Waals surface area contributed by atoms with Crippen molar-refractivity contribution in [3.8, 4) is 17.2 Å². The standard InChI is InChI=1S/C27H30N2O5S/c1-19-29-22(18-35-19)16-33-23-9-5-20(6-10-23)8-12-27(30)28-15-21-7-11-25(26(14-21)31-2)34-17-24-4-3-13-32-24/h5-12,14,18,24H,3-4,13,15-17H2,1-2H3,(H,28,30). The molecule has 4 rings (SSSR count). The summed E-state index contributed by atoms with van der Waals surface area (Å²) in [6.45, 7) is 4.10. The van der Waals surface area contributed by atoms with Crippen LogP contribution in [0.5, 0.6) is 17.2 Å². The van der Waals surface area contributed by atoms with Crippen molar-refractivity contribution in [2.45, 2.75) is 39.0 Å². The summed E-state index contributed by atoms with van der Waals surface area (Å²) in [5.41, 5.74) is 2.75. The molecule has 1 aliphatic rings. The Bertz CT molecular complexity index is 1140. The average molecular weight is 495 g/mol. The van der Waals surface area contributed by atoms with Gasteiger partial charge in [0, 0.05) is 24.6 Å². The van der Waals surface area contributed by atoms with Crippen LogP contribution >= 0.6 is 11.3 Å². The molecular formula is C27H30N2O5S. The lowest BCUT2D eigenvalue weighted by Crippen LogP contribution is -2.20. The number of aromatic nitrogens is 1. The van der Waals surface area contributed by atoms with Gasteiger partial charge in [-0.25, -0.2) is 4.98 Å². The molecule has 2 aromatic carbocycles. The van der Waals surface area contributed by atoms with E-state index in [1.165, 1.54) is 6.08 Å². The number of nitrogens with one attached hydrogen (secondary N) is 1. The van der Waals surface area contributed by atoms with E-state index < -0.39 is 0 Å². The highest BCUT2D eigenvalue weighted by Gasteiger charge is 2.17. The minimum absolute atomic E-state index is 0.141. The molecule has 0 saturated carbocycles. The molecule has 1 aliphatic heterocycles. The average Bonchev–Trinajstić information content (AvgIpc) is 3.56. The monoisotopic (exact) mass is 494 g/mol. The van der Waals surface area contributed by atoms with E-state index in [1.54, 1.807) is 24.5 Å². The zero-order valence-corrected chi connectivity index (χ0v) is 20.8. The molecule has 1 aromatic heterocycles. The lowest BCUT2D eigenvalue weighted by Gasteiger charge is -2.15. The van der Waals surface area contributed by atoms with Crippen molar-refractivity contribution >= 4 is 23.3 Å². The van der Waals surface area contributed by atoms with Crippen LogP contribution in [0.25, 0.3) is 6.08 Å². The smallest absolute Gasteiger partial charge is 0.244 e. The van der Waals surface area contributed by atoms with Crippen molar-refractivity contribution in [2.24, 2.45) is 0 Å². The van der Waals surface area contributed by atoms with Gasteiger partial charge in [-0.1, -0.05) is 18.2 Å². The molecule has 35 heavy (non-hydrogen) atoms. The first-order valence-corrected chi connectivity index (χ1v) is 12.5. The van der Waals surface area contributed by atoms with Gasteiger partial charge in [0.05, 0.1) is 23.9 Å². The maximum atomic E-state index is 12.3. The number of rotatable bonds is 11. The molecular weight excluding hydrogens is 464 g/mol. The zero-order valence-electron chi connectivity index (χ0n) is 20.0. The Morgan fingerprint density at radius 2 is 2.06 bits per heavy atom. The predicted octanol–water partition coefficient (Wildman–Crippen LogP) is 4.93. The molecule has 0 aliphatic carbocycles. The summed E-state index contributed by atoms with van der Waals surface area (Å²) < 4.78 is 22.7. The molecule has 3 aromatic rings. The Morgan fingerprint density at radius 3 is 2.77 bits per heavy atom. The van der Waals surface area contributed by atoms with Crippen molar-refractivity contribution in [1.82, 2.24) is 10.3 Å². The van der Waals surface area contributed by atoms with Crippen LogP contribution in [0.15, 0.2) is 53.9 Å². The number of carbonyl (C=O) groups excluding carboxylic acids is 1. The van der Waals surface area contributed by atoms with Gasteiger partial charge in [-0.2, -0.15) is 0 Å². The summed E-state index contributed by atoms with van der Waals surface area (Å²) in [5.74, 6) is 1.89. The quantitative estimate of drug-likeness (QED) is 0.381. The summed E-state index contributed by atoms with van der Waals surface area (Å²) in [4.78, 5) is 16.7. The molecule has 8 heteroatoms. The number of aryl methyl sites for hydroxylation is 1. The van der Waals surface area contributed by atoms with Gasteiger partial charge in [-0.05, 0) is 61.2 Å². The highest BCUT2D eigenvalue weighted by atomic mass is 32.1. The first kappa shape index (κ1) is 24.8. The largest absolute Gasteiger partial charge is 0.493 e. The molecule has 1 N–H and O–H groups in total. The molecule has 1 amide bonds. The molecule has 1 fully saturated rings. The molecule has 0 bridgehead atoms. The van der Waals surface area contributed by atoms with Crippen molar-refractivity contribution in [2.75, 3.05) is 20.3 Å². The third-order valence-electron chi connectivity index (χ3n) is 5.50. The summed E-state index contributed by atoms with van der Waals surface area (Å²) in [5, 5.41) is 5.92. The normalized spacial score (nSPS) is 15.3. The van der Waals surface area contributed by atoms with Gasteiger partial charge in [-0.3, -0.25) is 4.79 Å². The fourth-order valence-electron chi connectivity index (χ4n) is 3.63. The van der Waals surface area contributed by atoms with Gasteiger partial charge in [0.15, 0.2) is 11.5 Å². The fourth-order valence-corrected chi connectivity index (χ4v) is 4.22. The molecule has 184 valence electrons. The number of nitrogens with zero attached hydrogens (tertiary/aromatic N) is 1. The van der Waals surface area contributed by atoms with E-state index in [2.05, 4.69) is 10.3 Å². The lowest BCUT2D eigenvalue weighted by molar-refractivity contribution is -0.116. The Kier molecular flexibility index (Phi) is 8.75. The van der Waals surface area contributed by atoms with Gasteiger partial charge in [0.25, 0.3) is 0 Å². The summed E-state index contributed by atoms with van der Waals surface area (Å²) in [6, 6.07) is 13.2. The van der Waals surface area contributed by atoms with Crippen molar-refractivity contribution in [3.63, 3.8) is 0 Å². The number of thiazole rings is 1. The SMILES string of the molecule is COc1cc(CNC(=O)C=Cc2ccc(OCc3csc(C)n3)cc2)ccc1OCC1CCCO1. The Morgan fingerprint density at radius 1 is 1.20 bits per heavy atom. The third kappa shape index (κ3) is 7.56. The molecule has 1 saturated heterocycles. The second-order valence-electron chi connectivity index (χ2n) is 8.20. The number of carbonyl (C=O) groups is 1.